The van der Waals surface area contributed by atoms with Crippen LogP contribution in [0.1, 0.15) is 43.7 Å². The Morgan fingerprint density at radius 1 is 0.917 bits per heavy atom. The van der Waals surface area contributed by atoms with E-state index < -0.39 is 17.5 Å². The van der Waals surface area contributed by atoms with Crippen LogP contribution < -0.4 is 0 Å². The maximum Gasteiger partial charge on any atom is 0.414 e. The average Bonchev–Trinajstić information content (AvgIpc) is 2.85. The highest BCUT2D eigenvalue weighted by Gasteiger charge is 2.41. The van der Waals surface area contributed by atoms with E-state index in [1.54, 1.807) is 31.2 Å². The number of carbonyl (C=O) groups is 3. The summed E-state index contributed by atoms with van der Waals surface area (Å²) < 4.78 is 31.9. The topological polar surface area (TPSA) is 124 Å². The number of piperidine rings is 1. The summed E-state index contributed by atoms with van der Waals surface area (Å²) in [5.41, 5.74) is -0.106. The number of likely N-dealkylation sites (tertiary alicyclic amines) is 1. The van der Waals surface area contributed by atoms with E-state index in [0.717, 1.165) is 38.9 Å². The van der Waals surface area contributed by atoms with Crippen LogP contribution in [0.15, 0.2) is 48.5 Å². The molecule has 10 heteroatoms. The molecule has 2 aromatic carbocycles. The van der Waals surface area contributed by atoms with Crippen LogP contribution in [-0.2, 0) is 24.7 Å². The highest BCUT2D eigenvalue weighted by molar-refractivity contribution is 6.27. The smallest absolute Gasteiger partial charge is 0.414 e. The lowest BCUT2D eigenvalue weighted by atomic mass is 9.72. The first-order valence-electron chi connectivity index (χ1n) is 11.7. The van der Waals surface area contributed by atoms with Crippen LogP contribution >= 0.6 is 0 Å². The summed E-state index contributed by atoms with van der Waals surface area (Å²) in [5, 5.41) is 26.6. The minimum Gasteiger partial charge on any atom is -0.473 e. The predicted octanol–water partition coefficient (Wildman–Crippen LogP) is 3.41. The summed E-state index contributed by atoms with van der Waals surface area (Å²) in [6.07, 6.45) is 2.63. The van der Waals surface area contributed by atoms with Crippen molar-refractivity contribution in [2.24, 2.45) is 5.92 Å². The Labute approximate surface area is 208 Å². The molecule has 1 fully saturated rings. The van der Waals surface area contributed by atoms with Gasteiger partial charge in [-0.3, -0.25) is 4.79 Å². The molecule has 0 atom stereocenters. The van der Waals surface area contributed by atoms with E-state index in [9.17, 15) is 18.7 Å². The highest BCUT2D eigenvalue weighted by atomic mass is 19.1. The Morgan fingerprint density at radius 2 is 1.36 bits per heavy atom. The molecule has 0 spiro atoms. The van der Waals surface area contributed by atoms with E-state index in [4.69, 9.17) is 24.5 Å². The Balaban J connectivity index is 0.000000678. The van der Waals surface area contributed by atoms with Gasteiger partial charge in [0.15, 0.2) is 0 Å². The Morgan fingerprint density at radius 3 is 1.75 bits per heavy atom. The molecule has 0 bridgehead atoms. The summed E-state index contributed by atoms with van der Waals surface area (Å²) in [6, 6.07) is 11.8. The summed E-state index contributed by atoms with van der Waals surface area (Å²) in [5.74, 6) is -4.64. The summed E-state index contributed by atoms with van der Waals surface area (Å²) in [4.78, 5) is 32.0. The molecule has 1 aliphatic rings. The molecule has 0 unspecified atom stereocenters. The Bertz CT molecular complexity index is 946. The second-order valence-electron chi connectivity index (χ2n) is 8.41. The zero-order chi connectivity index (χ0) is 26.7. The standard InChI is InChI=1S/C24H29F2NO3.C2H2O4/c1-2-30-23(28)4-3-15-27-16-13-20(14-17-27)24(29,18-5-9-21(25)10-6-18)19-7-11-22(26)12-8-19;3-1(4)2(5)6/h5-12,20,29H,2-4,13-17H2,1H3;(H,3,4)(H,5,6). The van der Waals surface area contributed by atoms with Gasteiger partial charge in [0.25, 0.3) is 0 Å². The number of benzene rings is 2. The van der Waals surface area contributed by atoms with Gasteiger partial charge in [-0.25, -0.2) is 18.4 Å². The molecule has 196 valence electrons. The molecule has 8 nitrogen and oxygen atoms in total. The molecule has 0 aromatic heterocycles. The molecule has 0 saturated carbocycles. The molecule has 3 rings (SSSR count). The highest BCUT2D eigenvalue weighted by Crippen LogP contribution is 2.42. The fourth-order valence-electron chi connectivity index (χ4n) is 4.30. The van der Waals surface area contributed by atoms with E-state index in [2.05, 4.69) is 4.90 Å². The maximum atomic E-state index is 13.5. The van der Waals surface area contributed by atoms with Gasteiger partial charge >= 0.3 is 17.9 Å². The fourth-order valence-corrected chi connectivity index (χ4v) is 4.30. The van der Waals surface area contributed by atoms with Crippen molar-refractivity contribution in [1.29, 1.82) is 0 Å². The van der Waals surface area contributed by atoms with Gasteiger partial charge in [0.05, 0.1) is 6.61 Å². The molecule has 0 aliphatic carbocycles. The van der Waals surface area contributed by atoms with E-state index in [0.29, 0.717) is 24.2 Å². The van der Waals surface area contributed by atoms with Gasteiger partial charge in [-0.15, -0.1) is 0 Å². The summed E-state index contributed by atoms with van der Waals surface area (Å²) in [6.45, 7) is 4.58. The summed E-state index contributed by atoms with van der Waals surface area (Å²) >= 11 is 0. The first kappa shape index (κ1) is 28.9. The molecule has 0 amide bonds. The van der Waals surface area contributed by atoms with E-state index in [1.165, 1.54) is 24.3 Å². The van der Waals surface area contributed by atoms with Gasteiger partial charge in [0, 0.05) is 6.42 Å². The number of ether oxygens (including phenoxy) is 1. The second kappa shape index (κ2) is 13.6. The van der Waals surface area contributed by atoms with Crippen molar-refractivity contribution in [3.05, 3.63) is 71.3 Å². The van der Waals surface area contributed by atoms with Crippen molar-refractivity contribution < 1.29 is 43.2 Å². The third kappa shape index (κ3) is 8.10. The zero-order valence-electron chi connectivity index (χ0n) is 20.0. The number of carboxylic acid groups (broad SMARTS) is 2. The van der Waals surface area contributed by atoms with Crippen molar-refractivity contribution in [1.82, 2.24) is 4.90 Å². The summed E-state index contributed by atoms with van der Waals surface area (Å²) in [7, 11) is 0. The monoisotopic (exact) mass is 507 g/mol. The van der Waals surface area contributed by atoms with Gasteiger partial charge in [-0.1, -0.05) is 24.3 Å². The van der Waals surface area contributed by atoms with Crippen LogP contribution in [0.3, 0.4) is 0 Å². The molecule has 1 saturated heterocycles. The van der Waals surface area contributed by atoms with Gasteiger partial charge in [-0.2, -0.15) is 0 Å². The third-order valence-corrected chi connectivity index (χ3v) is 6.09. The molecule has 36 heavy (non-hydrogen) atoms. The number of carbonyl (C=O) groups excluding carboxylic acids is 1. The van der Waals surface area contributed by atoms with Crippen LogP contribution in [0.4, 0.5) is 8.78 Å². The van der Waals surface area contributed by atoms with Gasteiger partial charge < -0.3 is 25.0 Å². The number of carboxylic acids is 2. The first-order valence-corrected chi connectivity index (χ1v) is 11.7. The predicted molar refractivity (Wildman–Crippen MR) is 126 cm³/mol. The lowest BCUT2D eigenvalue weighted by Crippen LogP contribution is -2.44. The van der Waals surface area contributed by atoms with Crippen LogP contribution in [0.5, 0.6) is 0 Å². The number of rotatable bonds is 8. The normalized spacial score (nSPS) is 14.4. The van der Waals surface area contributed by atoms with E-state index in [-0.39, 0.29) is 23.5 Å². The van der Waals surface area contributed by atoms with Crippen LogP contribution in [0.25, 0.3) is 0 Å². The Hall–Kier alpha value is -3.37. The zero-order valence-corrected chi connectivity index (χ0v) is 20.0. The molecular formula is C26H31F2NO7. The van der Waals surface area contributed by atoms with E-state index >= 15 is 0 Å². The maximum absolute atomic E-state index is 13.5. The number of aliphatic carboxylic acids is 2. The second-order valence-corrected chi connectivity index (χ2v) is 8.41. The van der Waals surface area contributed by atoms with Gasteiger partial charge in [-0.05, 0) is 87.1 Å². The largest absolute Gasteiger partial charge is 0.473 e. The van der Waals surface area contributed by atoms with Crippen LogP contribution in [0.2, 0.25) is 0 Å². The lowest BCUT2D eigenvalue weighted by Gasteiger charge is -2.42. The molecule has 0 radical (unpaired) electrons. The minimum atomic E-state index is -1.82. The molecular weight excluding hydrogens is 476 g/mol. The number of hydrogen-bond acceptors (Lipinski definition) is 6. The van der Waals surface area contributed by atoms with E-state index in [1.807, 2.05) is 0 Å². The third-order valence-electron chi connectivity index (χ3n) is 6.09. The lowest BCUT2D eigenvalue weighted by molar-refractivity contribution is -0.159. The number of aliphatic hydroxyl groups is 1. The number of hydrogen-bond donors (Lipinski definition) is 3. The average molecular weight is 508 g/mol. The van der Waals surface area contributed by atoms with Crippen molar-refractivity contribution in [2.75, 3.05) is 26.2 Å². The van der Waals surface area contributed by atoms with Crippen molar-refractivity contribution in [2.45, 2.75) is 38.2 Å². The number of nitrogens with zero attached hydrogens (tertiary/aromatic N) is 1. The van der Waals surface area contributed by atoms with Gasteiger partial charge in [0.2, 0.25) is 0 Å². The first-order chi connectivity index (χ1) is 17.1. The molecule has 2 aromatic rings. The number of esters is 1. The molecule has 3 N–H and O–H groups in total. The van der Waals surface area contributed by atoms with Crippen LogP contribution in [0, 0.1) is 17.6 Å². The van der Waals surface area contributed by atoms with Crippen molar-refractivity contribution >= 4 is 17.9 Å². The Kier molecular flexibility index (Phi) is 10.9. The number of halogens is 2. The fraction of sp³-hybridized carbons (Fsp3) is 0.423. The van der Waals surface area contributed by atoms with Crippen molar-refractivity contribution in [3.8, 4) is 0 Å². The SMILES string of the molecule is CCOC(=O)CCCN1CCC(C(O)(c2ccc(F)cc2)c2ccc(F)cc2)CC1.O=C(O)C(=O)O. The van der Waals surface area contributed by atoms with Gasteiger partial charge in [0.1, 0.15) is 17.2 Å². The van der Waals surface area contributed by atoms with Crippen molar-refractivity contribution in [3.63, 3.8) is 0 Å². The quantitative estimate of drug-likeness (QED) is 0.367. The molecule has 1 aliphatic heterocycles. The molecule has 1 heterocycles. The van der Waals surface area contributed by atoms with Crippen LogP contribution in [-0.4, -0.2) is 64.4 Å². The minimum absolute atomic E-state index is 0.0882.